The Hall–Kier alpha value is -2.54. The van der Waals surface area contributed by atoms with Crippen LogP contribution in [0.3, 0.4) is 0 Å². The highest BCUT2D eigenvalue weighted by molar-refractivity contribution is 7.92. The Balaban J connectivity index is 2.04. The fraction of sp³-hybridized carbons (Fsp3) is 0.188. The summed E-state index contributed by atoms with van der Waals surface area (Å²) in [5, 5.41) is 5.37. The predicted octanol–water partition coefficient (Wildman–Crippen LogP) is 3.02. The Morgan fingerprint density at radius 3 is 2.04 bits per heavy atom. The first-order valence-corrected chi connectivity index (χ1v) is 8.60. The van der Waals surface area contributed by atoms with E-state index in [2.05, 4.69) is 15.4 Å². The maximum Gasteiger partial charge on any atom is 0.319 e. The predicted molar refractivity (Wildman–Crippen MR) is 91.0 cm³/mol. The molecule has 0 heterocycles. The normalized spacial score (nSPS) is 11.1. The van der Waals surface area contributed by atoms with Crippen LogP contribution in [-0.4, -0.2) is 20.5 Å². The van der Waals surface area contributed by atoms with Crippen LogP contribution in [0.5, 0.6) is 0 Å². The number of hydrogen-bond donors (Lipinski definition) is 3. The third kappa shape index (κ3) is 5.00. The van der Waals surface area contributed by atoms with Gasteiger partial charge in [0.2, 0.25) is 0 Å². The Morgan fingerprint density at radius 1 is 0.913 bits per heavy atom. The summed E-state index contributed by atoms with van der Waals surface area (Å²) in [6.45, 7) is 3.72. The number of benzene rings is 2. The van der Waals surface area contributed by atoms with Gasteiger partial charge >= 0.3 is 6.03 Å². The molecule has 0 aliphatic heterocycles. The molecule has 6 nitrogen and oxygen atoms in total. The van der Waals surface area contributed by atoms with E-state index in [1.54, 1.807) is 42.5 Å². The fourth-order valence-electron chi connectivity index (χ4n) is 1.86. The van der Waals surface area contributed by atoms with E-state index in [9.17, 15) is 13.2 Å². The van der Waals surface area contributed by atoms with Crippen LogP contribution >= 0.6 is 0 Å². The summed E-state index contributed by atoms with van der Waals surface area (Å²) in [7, 11) is -3.61. The van der Waals surface area contributed by atoms with Crippen molar-refractivity contribution in [2.45, 2.75) is 24.8 Å². The van der Waals surface area contributed by atoms with Crippen molar-refractivity contribution in [3.8, 4) is 0 Å². The standard InChI is InChI=1S/C16H19N3O3S/c1-12(2)17-16(20)18-13-8-10-14(11-9-13)19-23(21,22)15-6-4-3-5-7-15/h3-12,19H,1-2H3,(H2,17,18,20). The molecule has 0 aliphatic rings. The highest BCUT2D eigenvalue weighted by Crippen LogP contribution is 2.18. The van der Waals surface area contributed by atoms with E-state index >= 15 is 0 Å². The van der Waals surface area contributed by atoms with Crippen molar-refractivity contribution in [3.05, 3.63) is 54.6 Å². The van der Waals surface area contributed by atoms with E-state index in [-0.39, 0.29) is 17.0 Å². The minimum absolute atomic E-state index is 0.0342. The third-order valence-electron chi connectivity index (χ3n) is 2.87. The lowest BCUT2D eigenvalue weighted by Crippen LogP contribution is -2.34. The minimum Gasteiger partial charge on any atom is -0.336 e. The lowest BCUT2D eigenvalue weighted by Gasteiger charge is -2.11. The monoisotopic (exact) mass is 333 g/mol. The number of rotatable bonds is 5. The Labute approximate surface area is 136 Å². The Bertz CT molecular complexity index is 757. The van der Waals surface area contributed by atoms with Crippen LogP contribution < -0.4 is 15.4 Å². The van der Waals surface area contributed by atoms with Gasteiger partial charge in [0.15, 0.2) is 0 Å². The second kappa shape index (κ2) is 7.15. The molecule has 3 N–H and O–H groups in total. The first kappa shape index (κ1) is 16.8. The molecule has 0 unspecified atom stereocenters. The molecule has 2 aromatic carbocycles. The van der Waals surface area contributed by atoms with E-state index in [0.29, 0.717) is 11.4 Å². The molecule has 0 aliphatic carbocycles. The van der Waals surface area contributed by atoms with Gasteiger partial charge in [0.05, 0.1) is 4.90 Å². The van der Waals surface area contributed by atoms with Crippen molar-refractivity contribution in [1.82, 2.24) is 5.32 Å². The molecule has 2 rings (SSSR count). The zero-order valence-electron chi connectivity index (χ0n) is 12.9. The number of hydrogen-bond acceptors (Lipinski definition) is 3. The topological polar surface area (TPSA) is 87.3 Å². The summed E-state index contributed by atoms with van der Waals surface area (Å²) in [5.74, 6) is 0. The number of nitrogens with one attached hydrogen (secondary N) is 3. The molecule has 0 spiro atoms. The van der Waals surface area contributed by atoms with Gasteiger partial charge in [0.25, 0.3) is 10.0 Å². The van der Waals surface area contributed by atoms with E-state index in [4.69, 9.17) is 0 Å². The van der Waals surface area contributed by atoms with Crippen LogP contribution in [0.1, 0.15) is 13.8 Å². The largest absolute Gasteiger partial charge is 0.336 e. The van der Waals surface area contributed by atoms with Crippen molar-refractivity contribution in [3.63, 3.8) is 0 Å². The maximum atomic E-state index is 12.2. The zero-order valence-corrected chi connectivity index (χ0v) is 13.7. The van der Waals surface area contributed by atoms with Crippen LogP contribution in [0.4, 0.5) is 16.2 Å². The number of amides is 2. The first-order valence-electron chi connectivity index (χ1n) is 7.12. The minimum atomic E-state index is -3.61. The molecule has 0 saturated carbocycles. The van der Waals surface area contributed by atoms with Crippen molar-refractivity contribution < 1.29 is 13.2 Å². The van der Waals surface area contributed by atoms with Crippen molar-refractivity contribution >= 4 is 27.4 Å². The summed E-state index contributed by atoms with van der Waals surface area (Å²) < 4.78 is 26.9. The number of carbonyl (C=O) groups is 1. The van der Waals surface area contributed by atoms with Gasteiger partial charge in [0, 0.05) is 17.4 Å². The highest BCUT2D eigenvalue weighted by atomic mass is 32.2. The second-order valence-corrected chi connectivity index (χ2v) is 6.93. The van der Waals surface area contributed by atoms with Crippen LogP contribution in [-0.2, 0) is 10.0 Å². The lowest BCUT2D eigenvalue weighted by molar-refractivity contribution is 0.250. The van der Waals surface area contributed by atoms with Gasteiger partial charge in [-0.3, -0.25) is 4.72 Å². The van der Waals surface area contributed by atoms with Gasteiger partial charge < -0.3 is 10.6 Å². The fourth-order valence-corrected chi connectivity index (χ4v) is 2.94. The molecule has 7 heteroatoms. The number of anilines is 2. The van der Waals surface area contributed by atoms with Gasteiger partial charge in [0.1, 0.15) is 0 Å². The van der Waals surface area contributed by atoms with Gasteiger partial charge in [-0.25, -0.2) is 13.2 Å². The van der Waals surface area contributed by atoms with Gasteiger partial charge in [-0.05, 0) is 50.2 Å². The average molecular weight is 333 g/mol. The van der Waals surface area contributed by atoms with E-state index in [1.807, 2.05) is 13.8 Å². The SMILES string of the molecule is CC(C)NC(=O)Nc1ccc(NS(=O)(=O)c2ccccc2)cc1. The molecule has 0 aromatic heterocycles. The van der Waals surface area contributed by atoms with Gasteiger partial charge in [-0.15, -0.1) is 0 Å². The Morgan fingerprint density at radius 2 is 1.48 bits per heavy atom. The average Bonchev–Trinajstić information content (AvgIpc) is 2.49. The van der Waals surface area contributed by atoms with E-state index in [0.717, 1.165) is 0 Å². The molecule has 2 amide bonds. The molecule has 0 radical (unpaired) electrons. The van der Waals surface area contributed by atoms with E-state index in [1.165, 1.54) is 12.1 Å². The first-order chi connectivity index (χ1) is 10.9. The summed E-state index contributed by atoms with van der Waals surface area (Å²) >= 11 is 0. The summed E-state index contributed by atoms with van der Waals surface area (Å²) in [5.41, 5.74) is 0.995. The van der Waals surface area contributed by atoms with Gasteiger partial charge in [-0.1, -0.05) is 18.2 Å². The summed E-state index contributed by atoms with van der Waals surface area (Å²) in [4.78, 5) is 11.8. The van der Waals surface area contributed by atoms with Gasteiger partial charge in [-0.2, -0.15) is 0 Å². The number of sulfonamides is 1. The highest BCUT2D eigenvalue weighted by Gasteiger charge is 2.13. The van der Waals surface area contributed by atoms with E-state index < -0.39 is 10.0 Å². The summed E-state index contributed by atoms with van der Waals surface area (Å²) in [6, 6.07) is 14.3. The second-order valence-electron chi connectivity index (χ2n) is 5.25. The lowest BCUT2D eigenvalue weighted by atomic mass is 10.3. The van der Waals surface area contributed by atoms with Crippen molar-refractivity contribution in [1.29, 1.82) is 0 Å². The molecular formula is C16H19N3O3S. The molecule has 122 valence electrons. The summed E-state index contributed by atoms with van der Waals surface area (Å²) in [6.07, 6.45) is 0. The Kier molecular flexibility index (Phi) is 5.23. The molecular weight excluding hydrogens is 314 g/mol. The molecule has 0 bridgehead atoms. The third-order valence-corrected chi connectivity index (χ3v) is 4.27. The molecule has 2 aromatic rings. The quantitative estimate of drug-likeness (QED) is 0.786. The molecule has 0 fully saturated rings. The van der Waals surface area contributed by atoms with Crippen LogP contribution in [0.25, 0.3) is 0 Å². The number of urea groups is 1. The van der Waals surface area contributed by atoms with Crippen molar-refractivity contribution in [2.24, 2.45) is 0 Å². The van der Waals surface area contributed by atoms with Crippen LogP contribution in [0.2, 0.25) is 0 Å². The molecule has 23 heavy (non-hydrogen) atoms. The van der Waals surface area contributed by atoms with Crippen molar-refractivity contribution in [2.75, 3.05) is 10.0 Å². The maximum absolute atomic E-state index is 12.2. The number of carbonyl (C=O) groups excluding carboxylic acids is 1. The van der Waals surface area contributed by atoms with Crippen LogP contribution in [0.15, 0.2) is 59.5 Å². The zero-order chi connectivity index (χ0) is 16.9. The smallest absolute Gasteiger partial charge is 0.319 e. The van der Waals surface area contributed by atoms with Crippen LogP contribution in [0, 0.1) is 0 Å². The molecule has 0 saturated heterocycles. The molecule has 0 atom stereocenters.